The van der Waals surface area contributed by atoms with Crippen LogP contribution in [-0.4, -0.2) is 35.2 Å². The van der Waals surface area contributed by atoms with E-state index in [-0.39, 0.29) is 0 Å². The molecule has 1 N–H and O–H groups in total. The van der Waals surface area contributed by atoms with Gasteiger partial charge in [-0.25, -0.2) is 0 Å². The molecule has 0 radical (unpaired) electrons. The van der Waals surface area contributed by atoms with Crippen LogP contribution in [0.2, 0.25) is 0 Å². The van der Waals surface area contributed by atoms with Crippen LogP contribution in [0.5, 0.6) is 0 Å². The first-order valence-corrected chi connectivity index (χ1v) is 5.71. The van der Waals surface area contributed by atoms with E-state index in [0.29, 0.717) is 6.04 Å². The lowest BCUT2D eigenvalue weighted by molar-refractivity contribution is 0.0118. The molecule has 0 aromatic carbocycles. The third-order valence-corrected chi connectivity index (χ3v) is 2.92. The van der Waals surface area contributed by atoms with Gasteiger partial charge in [-0.1, -0.05) is 20.8 Å². The highest BCUT2D eigenvalue weighted by atomic mass is 16.3. The fourth-order valence-corrected chi connectivity index (χ4v) is 1.67. The summed E-state index contributed by atoms with van der Waals surface area (Å²) < 4.78 is 0. The molecular formula is C12H27NO. The van der Waals surface area contributed by atoms with Crippen LogP contribution in [0.3, 0.4) is 0 Å². The number of hydrogen-bond acceptors (Lipinski definition) is 2. The Morgan fingerprint density at radius 2 is 1.79 bits per heavy atom. The molecule has 2 heteroatoms. The van der Waals surface area contributed by atoms with Gasteiger partial charge in [0, 0.05) is 12.6 Å². The quantitative estimate of drug-likeness (QED) is 0.714. The third kappa shape index (κ3) is 5.61. The molecule has 0 aliphatic carbocycles. The molecule has 86 valence electrons. The lowest BCUT2D eigenvalue weighted by Crippen LogP contribution is -2.42. The maximum atomic E-state index is 9.93. The first-order chi connectivity index (χ1) is 6.28. The van der Waals surface area contributed by atoms with Crippen molar-refractivity contribution in [2.24, 2.45) is 5.92 Å². The zero-order valence-corrected chi connectivity index (χ0v) is 10.7. The van der Waals surface area contributed by atoms with Crippen molar-refractivity contribution in [1.29, 1.82) is 0 Å². The van der Waals surface area contributed by atoms with Gasteiger partial charge in [0.1, 0.15) is 0 Å². The molecule has 0 bridgehead atoms. The van der Waals surface area contributed by atoms with E-state index in [1.54, 1.807) is 0 Å². The number of hydrogen-bond donors (Lipinski definition) is 1. The van der Waals surface area contributed by atoms with Gasteiger partial charge in [0.05, 0.1) is 5.60 Å². The molecule has 0 aliphatic rings. The molecule has 0 fully saturated rings. The maximum Gasteiger partial charge on any atom is 0.0743 e. The molecule has 14 heavy (non-hydrogen) atoms. The summed E-state index contributed by atoms with van der Waals surface area (Å²) in [5.74, 6) is 0.721. The van der Waals surface area contributed by atoms with Crippen molar-refractivity contribution < 1.29 is 5.11 Å². The molecule has 0 heterocycles. The van der Waals surface area contributed by atoms with E-state index >= 15 is 0 Å². The molecule has 0 saturated carbocycles. The second-order valence-electron chi connectivity index (χ2n) is 5.24. The minimum Gasteiger partial charge on any atom is -0.389 e. The second-order valence-corrected chi connectivity index (χ2v) is 5.24. The van der Waals surface area contributed by atoms with E-state index < -0.39 is 5.60 Å². The maximum absolute atomic E-state index is 9.93. The van der Waals surface area contributed by atoms with Crippen molar-refractivity contribution in [2.45, 2.75) is 59.1 Å². The molecular weight excluding hydrogens is 174 g/mol. The Labute approximate surface area is 89.3 Å². The summed E-state index contributed by atoms with van der Waals surface area (Å²) in [5, 5.41) is 9.93. The van der Waals surface area contributed by atoms with Crippen LogP contribution in [0.4, 0.5) is 0 Å². The largest absolute Gasteiger partial charge is 0.389 e. The molecule has 2 atom stereocenters. The zero-order valence-electron chi connectivity index (χ0n) is 10.7. The summed E-state index contributed by atoms with van der Waals surface area (Å²) in [7, 11) is 2.09. The van der Waals surface area contributed by atoms with E-state index in [0.717, 1.165) is 18.9 Å². The standard InChI is InChI=1S/C12H27NO/c1-7-12(5,14)9-13(6)11(4)8-10(2)3/h10-11,14H,7-9H2,1-6H3. The van der Waals surface area contributed by atoms with Crippen molar-refractivity contribution >= 4 is 0 Å². The fraction of sp³-hybridized carbons (Fsp3) is 1.00. The average Bonchev–Trinajstić information content (AvgIpc) is 2.02. The Morgan fingerprint density at radius 3 is 2.14 bits per heavy atom. The second kappa shape index (κ2) is 5.72. The Balaban J connectivity index is 4.00. The molecule has 2 unspecified atom stereocenters. The molecule has 2 nitrogen and oxygen atoms in total. The summed E-state index contributed by atoms with van der Waals surface area (Å²) in [6, 6.07) is 0.549. The highest BCUT2D eigenvalue weighted by Gasteiger charge is 2.22. The first kappa shape index (κ1) is 13.9. The Kier molecular flexibility index (Phi) is 5.68. The third-order valence-electron chi connectivity index (χ3n) is 2.92. The summed E-state index contributed by atoms with van der Waals surface area (Å²) in [6.07, 6.45) is 2.00. The van der Waals surface area contributed by atoms with Crippen LogP contribution in [0.25, 0.3) is 0 Å². The molecule has 0 aromatic rings. The van der Waals surface area contributed by atoms with Crippen LogP contribution in [0.1, 0.15) is 47.5 Å². The summed E-state index contributed by atoms with van der Waals surface area (Å²) in [6.45, 7) is 11.4. The van der Waals surface area contributed by atoms with Crippen molar-refractivity contribution in [2.75, 3.05) is 13.6 Å². The predicted octanol–water partition coefficient (Wildman–Crippen LogP) is 2.51. The van der Waals surface area contributed by atoms with Crippen LogP contribution in [0.15, 0.2) is 0 Å². The minimum absolute atomic E-state index is 0.542. The fourth-order valence-electron chi connectivity index (χ4n) is 1.67. The highest BCUT2D eigenvalue weighted by molar-refractivity contribution is 4.77. The Bertz CT molecular complexity index is 154. The lowest BCUT2D eigenvalue weighted by atomic mass is 10.00. The monoisotopic (exact) mass is 201 g/mol. The summed E-state index contributed by atoms with van der Waals surface area (Å²) >= 11 is 0. The van der Waals surface area contributed by atoms with E-state index in [1.807, 2.05) is 13.8 Å². The molecule has 0 aromatic heterocycles. The van der Waals surface area contributed by atoms with E-state index in [9.17, 15) is 5.11 Å². The van der Waals surface area contributed by atoms with Crippen LogP contribution in [0, 0.1) is 5.92 Å². The topological polar surface area (TPSA) is 23.5 Å². The average molecular weight is 201 g/mol. The zero-order chi connectivity index (χ0) is 11.4. The van der Waals surface area contributed by atoms with Crippen LogP contribution in [-0.2, 0) is 0 Å². The minimum atomic E-state index is -0.542. The van der Waals surface area contributed by atoms with Crippen molar-refractivity contribution in [3.63, 3.8) is 0 Å². The molecule has 0 amide bonds. The summed E-state index contributed by atoms with van der Waals surface area (Å²) in [4.78, 5) is 2.25. The predicted molar refractivity (Wildman–Crippen MR) is 62.5 cm³/mol. The normalized spacial score (nSPS) is 18.6. The smallest absolute Gasteiger partial charge is 0.0743 e. The number of aliphatic hydroxyl groups is 1. The van der Waals surface area contributed by atoms with E-state index in [4.69, 9.17) is 0 Å². The van der Waals surface area contributed by atoms with Gasteiger partial charge in [-0.2, -0.15) is 0 Å². The lowest BCUT2D eigenvalue weighted by Gasteiger charge is -2.32. The van der Waals surface area contributed by atoms with E-state index in [1.165, 1.54) is 6.42 Å². The van der Waals surface area contributed by atoms with Gasteiger partial charge >= 0.3 is 0 Å². The van der Waals surface area contributed by atoms with E-state index in [2.05, 4.69) is 32.7 Å². The van der Waals surface area contributed by atoms with Gasteiger partial charge in [0.25, 0.3) is 0 Å². The Hall–Kier alpha value is -0.0800. The molecule has 0 saturated heterocycles. The highest BCUT2D eigenvalue weighted by Crippen LogP contribution is 2.15. The number of rotatable bonds is 6. The van der Waals surface area contributed by atoms with Crippen molar-refractivity contribution in [3.8, 4) is 0 Å². The Morgan fingerprint density at radius 1 is 1.29 bits per heavy atom. The summed E-state index contributed by atoms with van der Waals surface area (Å²) in [5.41, 5.74) is -0.542. The number of nitrogens with zero attached hydrogens (tertiary/aromatic N) is 1. The SMILES string of the molecule is CCC(C)(O)CN(C)C(C)CC(C)C. The van der Waals surface area contributed by atoms with Gasteiger partial charge in [-0.05, 0) is 39.7 Å². The van der Waals surface area contributed by atoms with Gasteiger partial charge in [-0.3, -0.25) is 0 Å². The van der Waals surface area contributed by atoms with Gasteiger partial charge < -0.3 is 10.0 Å². The molecule has 0 rings (SSSR count). The van der Waals surface area contributed by atoms with Gasteiger partial charge in [0.15, 0.2) is 0 Å². The van der Waals surface area contributed by atoms with Gasteiger partial charge in [0.2, 0.25) is 0 Å². The number of likely N-dealkylation sites (N-methyl/N-ethyl adjacent to an activating group) is 1. The van der Waals surface area contributed by atoms with Crippen molar-refractivity contribution in [3.05, 3.63) is 0 Å². The van der Waals surface area contributed by atoms with Crippen LogP contribution < -0.4 is 0 Å². The van der Waals surface area contributed by atoms with Crippen LogP contribution >= 0.6 is 0 Å². The molecule has 0 spiro atoms. The van der Waals surface area contributed by atoms with Crippen molar-refractivity contribution in [1.82, 2.24) is 4.90 Å². The van der Waals surface area contributed by atoms with Gasteiger partial charge in [-0.15, -0.1) is 0 Å². The first-order valence-electron chi connectivity index (χ1n) is 5.71. The molecule has 0 aliphatic heterocycles.